The molecule has 0 fully saturated rings. The van der Waals surface area contributed by atoms with Crippen molar-refractivity contribution < 1.29 is 23.1 Å². The van der Waals surface area contributed by atoms with Crippen LogP contribution < -0.4 is 0 Å². The van der Waals surface area contributed by atoms with E-state index >= 15 is 0 Å². The second-order valence-corrected chi connectivity index (χ2v) is 4.66. The van der Waals surface area contributed by atoms with E-state index in [0.717, 1.165) is 6.61 Å². The zero-order valence-corrected chi connectivity index (χ0v) is 12.2. The third-order valence-corrected chi connectivity index (χ3v) is 4.02. The summed E-state index contributed by atoms with van der Waals surface area (Å²) in [6, 6.07) is 1.25. The van der Waals surface area contributed by atoms with E-state index in [9.17, 15) is 0 Å². The Balaban J connectivity index is -0.000000500. The van der Waals surface area contributed by atoms with Crippen LogP contribution in [0.1, 0.15) is 34.6 Å². The van der Waals surface area contributed by atoms with E-state index in [0.29, 0.717) is 12.1 Å². The Kier molecular flexibility index (Phi) is 17.1. The van der Waals surface area contributed by atoms with Crippen molar-refractivity contribution >= 4 is 24.8 Å². The van der Waals surface area contributed by atoms with Crippen LogP contribution in [0.2, 0.25) is 0 Å². The molecule has 0 bridgehead atoms. The van der Waals surface area contributed by atoms with Crippen molar-refractivity contribution in [2.24, 2.45) is 0 Å². The molecule has 0 aliphatic carbocycles. The third-order valence-electron chi connectivity index (χ3n) is 1.43. The van der Waals surface area contributed by atoms with Gasteiger partial charge < -0.3 is 0 Å². The van der Waals surface area contributed by atoms with E-state index in [-0.39, 0.29) is 44.6 Å². The summed E-state index contributed by atoms with van der Waals surface area (Å²) in [4.78, 5) is 0. The van der Waals surface area contributed by atoms with Gasteiger partial charge in [-0.2, -0.15) is 0 Å². The van der Waals surface area contributed by atoms with Crippen LogP contribution in [0, 0.1) is 0 Å². The maximum atomic E-state index is 5.47. The number of hydrogen-bond acceptors (Lipinski definition) is 2. The van der Waals surface area contributed by atoms with E-state index in [2.05, 4.69) is 38.0 Å². The number of rotatable bonds is 5. The monoisotopic (exact) mass is 265 g/mol. The molecule has 0 aliphatic rings. The van der Waals surface area contributed by atoms with Crippen molar-refractivity contribution in [3.8, 4) is 0 Å². The first-order valence-corrected chi connectivity index (χ1v) is 5.59. The molecule has 0 atom stereocenters. The fourth-order valence-corrected chi connectivity index (χ4v) is 2.04. The molecule has 0 heterocycles. The zero-order chi connectivity index (χ0) is 8.85. The summed E-state index contributed by atoms with van der Waals surface area (Å²) in [5.74, 6) is 0. The molecule has 0 aromatic carbocycles. The van der Waals surface area contributed by atoms with E-state index in [1.54, 1.807) is 0 Å². The Morgan fingerprint density at radius 2 is 1.46 bits per heavy atom. The van der Waals surface area contributed by atoms with Gasteiger partial charge in [-0.3, -0.25) is 0 Å². The maximum absolute atomic E-state index is 5.47. The van der Waals surface area contributed by atoms with Gasteiger partial charge in [-0.1, -0.05) is 0 Å². The second kappa shape index (κ2) is 11.3. The standard InChI is InChI=1S/C6H14N.C2H5O.2ClH.Ti/c1-5(2)7-6(3)4;1-2-3;;;/h5-6H,1-4H3;2H2,1H3;2*1H;/q2*-1;;;+2. The van der Waals surface area contributed by atoms with Gasteiger partial charge in [-0.15, -0.1) is 24.8 Å². The molecule has 0 saturated carbocycles. The molecule has 0 aromatic heterocycles. The molecule has 2 nitrogen and oxygen atoms in total. The van der Waals surface area contributed by atoms with Crippen LogP contribution in [0.3, 0.4) is 0 Å². The minimum Gasteiger partial charge on any atom is -0.147 e. The molecule has 13 heavy (non-hydrogen) atoms. The first-order chi connectivity index (χ1) is 5.09. The van der Waals surface area contributed by atoms with Gasteiger partial charge in [0.2, 0.25) is 0 Å². The average molecular weight is 266 g/mol. The molecule has 0 saturated heterocycles. The molecule has 0 aliphatic heterocycles. The Morgan fingerprint density at radius 1 is 1.08 bits per heavy atom. The van der Waals surface area contributed by atoms with Crippen molar-refractivity contribution in [3.05, 3.63) is 0 Å². The molecule has 0 N–H and O–H groups in total. The molecule has 0 spiro atoms. The van der Waals surface area contributed by atoms with Crippen molar-refractivity contribution in [1.82, 2.24) is 3.38 Å². The molecular weight excluding hydrogens is 245 g/mol. The van der Waals surface area contributed by atoms with Gasteiger partial charge in [0.1, 0.15) is 0 Å². The Labute approximate surface area is 104 Å². The average Bonchev–Trinajstić information content (AvgIpc) is 1.87. The van der Waals surface area contributed by atoms with Crippen molar-refractivity contribution in [2.45, 2.75) is 46.7 Å². The maximum Gasteiger partial charge on any atom is -0.147 e. The van der Waals surface area contributed by atoms with Crippen LogP contribution in [0.4, 0.5) is 0 Å². The number of halogens is 2. The fraction of sp³-hybridized carbons (Fsp3) is 1.00. The molecular formula is C8H21Cl2NOTi. The van der Waals surface area contributed by atoms with Gasteiger partial charge in [-0.05, 0) is 0 Å². The zero-order valence-electron chi connectivity index (χ0n) is 9.03. The van der Waals surface area contributed by atoms with Gasteiger partial charge in [-0.25, -0.2) is 0 Å². The van der Waals surface area contributed by atoms with E-state index < -0.39 is 0 Å². The summed E-state index contributed by atoms with van der Waals surface area (Å²) in [5, 5.41) is 0. The molecule has 82 valence electrons. The molecule has 0 radical (unpaired) electrons. The first-order valence-electron chi connectivity index (χ1n) is 4.25. The summed E-state index contributed by atoms with van der Waals surface area (Å²) in [6.07, 6.45) is 0. The fourth-order valence-electron chi connectivity index (χ4n) is 0.946. The Hall–Kier alpha value is 1.21. The summed E-state index contributed by atoms with van der Waals surface area (Å²) < 4.78 is 7.92. The van der Waals surface area contributed by atoms with Crippen molar-refractivity contribution in [1.29, 1.82) is 0 Å². The number of nitrogens with zero attached hydrogens (tertiary/aromatic N) is 1. The van der Waals surface area contributed by atoms with Gasteiger partial charge in [0.15, 0.2) is 0 Å². The largest absolute Gasteiger partial charge is 0.147 e. The summed E-state index contributed by atoms with van der Waals surface area (Å²) in [5.41, 5.74) is 0. The van der Waals surface area contributed by atoms with Crippen LogP contribution in [0.15, 0.2) is 0 Å². The Morgan fingerprint density at radius 3 is 1.69 bits per heavy atom. The Bertz CT molecular complexity index is 96.1. The van der Waals surface area contributed by atoms with Crippen molar-refractivity contribution in [2.75, 3.05) is 6.61 Å². The summed E-state index contributed by atoms with van der Waals surface area (Å²) in [7, 11) is 0. The van der Waals surface area contributed by atoms with Gasteiger partial charge in [0.25, 0.3) is 0 Å². The van der Waals surface area contributed by atoms with E-state index in [1.165, 1.54) is 0 Å². The van der Waals surface area contributed by atoms with E-state index in [4.69, 9.17) is 3.32 Å². The van der Waals surface area contributed by atoms with Gasteiger partial charge >= 0.3 is 79.8 Å². The summed E-state index contributed by atoms with van der Waals surface area (Å²) >= 11 is -0.317. The summed E-state index contributed by atoms with van der Waals surface area (Å²) in [6.45, 7) is 11.8. The first kappa shape index (κ1) is 19.7. The molecule has 0 rings (SSSR count). The predicted octanol–water partition coefficient (Wildman–Crippen LogP) is 2.90. The number of hydrogen-bond donors (Lipinski definition) is 0. The SMILES string of the molecule is CC[O][Ti][N](C(C)C)C(C)C.Cl.Cl. The molecule has 0 amide bonds. The topological polar surface area (TPSA) is 12.5 Å². The normalized spacial score (nSPS) is 9.85. The van der Waals surface area contributed by atoms with Crippen LogP contribution in [-0.4, -0.2) is 22.1 Å². The minimum atomic E-state index is -0.317. The van der Waals surface area contributed by atoms with Crippen LogP contribution in [0.25, 0.3) is 0 Å². The minimum absolute atomic E-state index is 0. The van der Waals surface area contributed by atoms with Gasteiger partial charge in [0.05, 0.1) is 0 Å². The molecule has 0 aromatic rings. The third kappa shape index (κ3) is 9.52. The predicted molar refractivity (Wildman–Crippen MR) is 58.2 cm³/mol. The van der Waals surface area contributed by atoms with Crippen LogP contribution in [-0.2, 0) is 23.1 Å². The van der Waals surface area contributed by atoms with Crippen LogP contribution >= 0.6 is 24.8 Å². The van der Waals surface area contributed by atoms with E-state index in [1.807, 2.05) is 0 Å². The molecule has 0 unspecified atom stereocenters. The van der Waals surface area contributed by atoms with Crippen LogP contribution in [0.5, 0.6) is 0 Å². The quantitative estimate of drug-likeness (QED) is 0.709. The smallest absolute Gasteiger partial charge is 0.147 e. The van der Waals surface area contributed by atoms with Gasteiger partial charge in [0, 0.05) is 0 Å². The molecule has 5 heteroatoms. The second-order valence-electron chi connectivity index (χ2n) is 3.12. The van der Waals surface area contributed by atoms with Crippen molar-refractivity contribution in [3.63, 3.8) is 0 Å².